The molecule has 20 heavy (non-hydrogen) atoms. The molecule has 1 aliphatic rings. The van der Waals surface area contributed by atoms with Crippen LogP contribution in [0.5, 0.6) is 0 Å². The molecule has 0 saturated carbocycles. The maximum Gasteiger partial charge on any atom is 0.314 e. The highest BCUT2D eigenvalue weighted by molar-refractivity contribution is 6.31. The first-order valence-corrected chi connectivity index (χ1v) is 7.16. The second-order valence-electron chi connectivity index (χ2n) is 5.00. The van der Waals surface area contributed by atoms with Crippen LogP contribution in [0.4, 0.5) is 4.39 Å². The molecule has 0 saturated heterocycles. The van der Waals surface area contributed by atoms with E-state index >= 15 is 0 Å². The van der Waals surface area contributed by atoms with Crippen molar-refractivity contribution in [3.8, 4) is 0 Å². The molecule has 0 amide bonds. The molecule has 0 radical (unpaired) electrons. The normalized spacial score (nSPS) is 18.1. The average molecular weight is 296 g/mol. The lowest BCUT2D eigenvalue weighted by atomic mass is 9.87. The van der Waals surface area contributed by atoms with Crippen LogP contribution < -0.4 is 0 Å². The van der Waals surface area contributed by atoms with Gasteiger partial charge in [0.1, 0.15) is 0 Å². The van der Waals surface area contributed by atoms with Crippen molar-refractivity contribution >= 4 is 28.5 Å². The van der Waals surface area contributed by atoms with E-state index in [0.717, 1.165) is 30.5 Å². The van der Waals surface area contributed by atoms with Gasteiger partial charge in [0.25, 0.3) is 0 Å². The van der Waals surface area contributed by atoms with Crippen molar-refractivity contribution in [2.24, 2.45) is 0 Å². The number of aromatic nitrogens is 1. The summed E-state index contributed by atoms with van der Waals surface area (Å²) in [5, 5.41) is 0.624. The van der Waals surface area contributed by atoms with Crippen LogP contribution in [-0.2, 0) is 16.0 Å². The molecule has 5 heteroatoms. The van der Waals surface area contributed by atoms with Crippen LogP contribution in [0.2, 0.25) is 5.02 Å². The number of H-pyrrole nitrogens is 1. The largest absolute Gasteiger partial charge is 0.465 e. The Hall–Kier alpha value is -1.55. The van der Waals surface area contributed by atoms with Gasteiger partial charge in [-0.1, -0.05) is 11.6 Å². The van der Waals surface area contributed by atoms with Gasteiger partial charge in [-0.3, -0.25) is 4.79 Å². The van der Waals surface area contributed by atoms with Gasteiger partial charge >= 0.3 is 5.97 Å². The van der Waals surface area contributed by atoms with Crippen molar-refractivity contribution in [3.63, 3.8) is 0 Å². The summed E-state index contributed by atoms with van der Waals surface area (Å²) in [5.41, 5.74) is 2.34. The maximum atomic E-state index is 14.2. The minimum absolute atomic E-state index is 0.109. The Labute approximate surface area is 121 Å². The van der Waals surface area contributed by atoms with E-state index in [1.807, 2.05) is 0 Å². The van der Waals surface area contributed by atoms with Gasteiger partial charge in [0.15, 0.2) is 5.82 Å². The van der Waals surface area contributed by atoms with Crippen molar-refractivity contribution < 1.29 is 13.9 Å². The Morgan fingerprint density at radius 3 is 3.10 bits per heavy atom. The number of hydrogen-bond acceptors (Lipinski definition) is 2. The third kappa shape index (κ3) is 1.99. The highest BCUT2D eigenvalue weighted by Crippen LogP contribution is 2.39. The Balaban J connectivity index is 2.16. The van der Waals surface area contributed by atoms with E-state index in [0.29, 0.717) is 17.5 Å². The Bertz CT molecular complexity index is 680. The van der Waals surface area contributed by atoms with Gasteiger partial charge in [-0.15, -0.1) is 0 Å². The van der Waals surface area contributed by atoms with Gasteiger partial charge in [-0.25, -0.2) is 4.39 Å². The van der Waals surface area contributed by atoms with Crippen LogP contribution in [0.25, 0.3) is 10.9 Å². The van der Waals surface area contributed by atoms with Crippen molar-refractivity contribution in [3.05, 3.63) is 34.2 Å². The number of benzene rings is 1. The quantitative estimate of drug-likeness (QED) is 0.853. The summed E-state index contributed by atoms with van der Waals surface area (Å²) >= 11 is 5.86. The standard InChI is InChI=1S/C15H15ClFNO2/c1-2-20-15(19)9-5-3-4-8-12-11(18-14(8)9)7-6-10(16)13(12)17/h6-7,9,18H,2-5H2,1H3. The number of fused-ring (bicyclic) bond motifs is 3. The summed E-state index contributed by atoms with van der Waals surface area (Å²) < 4.78 is 19.3. The molecule has 1 heterocycles. The van der Waals surface area contributed by atoms with E-state index < -0.39 is 5.82 Å². The van der Waals surface area contributed by atoms with Crippen molar-refractivity contribution in [1.29, 1.82) is 0 Å². The molecular weight excluding hydrogens is 281 g/mol. The SMILES string of the molecule is CCOC(=O)C1CCCc2c1[nH]c1ccc(Cl)c(F)c21. The molecule has 0 spiro atoms. The van der Waals surface area contributed by atoms with Gasteiger partial charge in [0.2, 0.25) is 0 Å². The number of carbonyl (C=O) groups is 1. The Morgan fingerprint density at radius 1 is 1.55 bits per heavy atom. The van der Waals surface area contributed by atoms with Crippen molar-refractivity contribution in [1.82, 2.24) is 4.98 Å². The van der Waals surface area contributed by atoms with Crippen LogP contribution in [0.3, 0.4) is 0 Å². The molecule has 1 aromatic carbocycles. The van der Waals surface area contributed by atoms with E-state index in [4.69, 9.17) is 16.3 Å². The molecule has 1 atom stereocenters. The zero-order valence-corrected chi connectivity index (χ0v) is 11.9. The van der Waals surface area contributed by atoms with Gasteiger partial charge in [-0.05, 0) is 43.9 Å². The van der Waals surface area contributed by atoms with Gasteiger partial charge < -0.3 is 9.72 Å². The highest BCUT2D eigenvalue weighted by Gasteiger charge is 2.31. The second kappa shape index (κ2) is 5.09. The first-order chi connectivity index (χ1) is 9.63. The lowest BCUT2D eigenvalue weighted by molar-refractivity contribution is -0.145. The zero-order valence-electron chi connectivity index (χ0n) is 11.1. The number of hydrogen-bond donors (Lipinski definition) is 1. The fourth-order valence-electron chi connectivity index (χ4n) is 2.97. The fraction of sp³-hybridized carbons (Fsp3) is 0.400. The zero-order chi connectivity index (χ0) is 14.3. The summed E-state index contributed by atoms with van der Waals surface area (Å²) in [6.45, 7) is 2.14. The molecular formula is C15H15ClFNO2. The highest BCUT2D eigenvalue weighted by atomic mass is 35.5. The van der Waals surface area contributed by atoms with Crippen molar-refractivity contribution in [2.45, 2.75) is 32.1 Å². The molecule has 106 valence electrons. The summed E-state index contributed by atoms with van der Waals surface area (Å²) in [4.78, 5) is 15.2. The summed E-state index contributed by atoms with van der Waals surface area (Å²) in [7, 11) is 0. The number of aromatic amines is 1. The van der Waals surface area contributed by atoms with Crippen LogP contribution in [0, 0.1) is 5.82 Å². The number of ether oxygens (including phenoxy) is 1. The molecule has 1 N–H and O–H groups in total. The van der Waals surface area contributed by atoms with E-state index in [-0.39, 0.29) is 16.9 Å². The van der Waals surface area contributed by atoms with Gasteiger partial charge in [-0.2, -0.15) is 0 Å². The van der Waals surface area contributed by atoms with Crippen LogP contribution >= 0.6 is 11.6 Å². The number of nitrogens with one attached hydrogen (secondary N) is 1. The van der Waals surface area contributed by atoms with E-state index in [1.165, 1.54) is 6.07 Å². The first kappa shape index (κ1) is 13.4. The Kier molecular flexibility index (Phi) is 3.42. The van der Waals surface area contributed by atoms with E-state index in [1.54, 1.807) is 13.0 Å². The first-order valence-electron chi connectivity index (χ1n) is 6.78. The predicted octanol–water partition coefficient (Wildman–Crippen LogP) is 3.94. The lowest BCUT2D eigenvalue weighted by Crippen LogP contribution is -2.20. The number of carbonyl (C=O) groups excluding carboxylic acids is 1. The predicted molar refractivity (Wildman–Crippen MR) is 75.6 cm³/mol. The van der Waals surface area contributed by atoms with Crippen LogP contribution in [0.1, 0.15) is 36.9 Å². The molecule has 1 aromatic heterocycles. The number of aryl methyl sites for hydroxylation is 1. The third-order valence-electron chi connectivity index (χ3n) is 3.83. The lowest BCUT2D eigenvalue weighted by Gasteiger charge is -2.20. The topological polar surface area (TPSA) is 42.1 Å². The maximum absolute atomic E-state index is 14.2. The molecule has 1 unspecified atom stereocenters. The molecule has 3 nitrogen and oxygen atoms in total. The van der Waals surface area contributed by atoms with Crippen LogP contribution in [-0.4, -0.2) is 17.6 Å². The van der Waals surface area contributed by atoms with E-state index in [2.05, 4.69) is 4.98 Å². The third-order valence-corrected chi connectivity index (χ3v) is 4.12. The minimum Gasteiger partial charge on any atom is -0.465 e. The van der Waals surface area contributed by atoms with Gasteiger partial charge in [0, 0.05) is 16.6 Å². The minimum atomic E-state index is -0.411. The molecule has 0 aliphatic heterocycles. The van der Waals surface area contributed by atoms with Gasteiger partial charge in [0.05, 0.1) is 17.5 Å². The molecule has 3 rings (SSSR count). The summed E-state index contributed by atoms with van der Waals surface area (Å²) in [6, 6.07) is 3.28. The molecule has 2 aromatic rings. The summed E-state index contributed by atoms with van der Waals surface area (Å²) in [6.07, 6.45) is 2.33. The number of halogens is 2. The Morgan fingerprint density at radius 2 is 2.35 bits per heavy atom. The van der Waals surface area contributed by atoms with Crippen molar-refractivity contribution in [2.75, 3.05) is 6.61 Å². The fourth-order valence-corrected chi connectivity index (χ4v) is 3.13. The molecule has 0 fully saturated rings. The second-order valence-corrected chi connectivity index (χ2v) is 5.41. The van der Waals surface area contributed by atoms with Crippen LogP contribution in [0.15, 0.2) is 12.1 Å². The summed E-state index contributed by atoms with van der Waals surface area (Å²) in [5.74, 6) is -0.984. The number of rotatable bonds is 2. The average Bonchev–Trinajstić information content (AvgIpc) is 2.82. The molecule has 0 bridgehead atoms. The van der Waals surface area contributed by atoms with E-state index in [9.17, 15) is 9.18 Å². The monoisotopic (exact) mass is 295 g/mol. The molecule has 1 aliphatic carbocycles. The smallest absolute Gasteiger partial charge is 0.314 e. The number of esters is 1.